The molecule has 2 atom stereocenters. The molecular weight excluding hydrogens is 633 g/mol. The van der Waals surface area contributed by atoms with Crippen molar-refractivity contribution in [2.24, 2.45) is 0 Å². The lowest BCUT2D eigenvalue weighted by atomic mass is 9.93. The van der Waals surface area contributed by atoms with Gasteiger partial charge in [-0.3, -0.25) is 14.9 Å². The van der Waals surface area contributed by atoms with Crippen LogP contribution in [0.5, 0.6) is 11.8 Å². The zero-order chi connectivity index (χ0) is 33.8. The van der Waals surface area contributed by atoms with E-state index >= 15 is 0 Å². The highest BCUT2D eigenvalue weighted by Crippen LogP contribution is 2.40. The van der Waals surface area contributed by atoms with Gasteiger partial charge < -0.3 is 24.8 Å². The van der Waals surface area contributed by atoms with Crippen molar-refractivity contribution >= 4 is 11.6 Å². The number of halogens is 2. The molecule has 0 aliphatic carbocycles. The number of nitrogens with zero attached hydrogens (tertiary/aromatic N) is 5. The molecule has 2 aliphatic heterocycles. The number of nitrogens with one attached hydrogen (secondary N) is 2. The summed E-state index contributed by atoms with van der Waals surface area (Å²) in [5.41, 5.74) is 8.33. The third-order valence-corrected chi connectivity index (χ3v) is 9.15. The summed E-state index contributed by atoms with van der Waals surface area (Å²) in [6.45, 7) is 10.6. The number of ether oxygens (including phenoxy) is 3. The highest BCUT2D eigenvalue weighted by Gasteiger charge is 2.30. The summed E-state index contributed by atoms with van der Waals surface area (Å²) in [7, 11) is 3.19. The maximum absolute atomic E-state index is 13.2. The van der Waals surface area contributed by atoms with Gasteiger partial charge in [-0.1, -0.05) is 54.6 Å². The normalized spacial score (nSPS) is 17.2. The molecule has 252 valence electrons. The van der Waals surface area contributed by atoms with Gasteiger partial charge in [-0.15, -0.1) is 0 Å². The van der Waals surface area contributed by atoms with Crippen molar-refractivity contribution in [1.82, 2.24) is 35.5 Å². The Hall–Kier alpha value is -4.16. The molecular formula is C36H41ClFN7O3. The maximum atomic E-state index is 13.2. The van der Waals surface area contributed by atoms with Crippen LogP contribution in [-0.4, -0.2) is 77.2 Å². The Morgan fingerprint density at radius 1 is 0.979 bits per heavy atom. The molecule has 2 N–H and O–H groups in total. The predicted octanol–water partition coefficient (Wildman–Crippen LogP) is 6.12. The smallest absolute Gasteiger partial charge is 0.237 e. The highest BCUT2D eigenvalue weighted by atomic mass is 35.5. The number of hydrogen-bond acceptors (Lipinski definition) is 10. The van der Waals surface area contributed by atoms with Gasteiger partial charge in [-0.25, -0.2) is 14.4 Å². The lowest BCUT2D eigenvalue weighted by Crippen LogP contribution is -2.52. The Labute approximate surface area is 285 Å². The number of aromatic nitrogens is 4. The highest BCUT2D eigenvalue weighted by molar-refractivity contribution is 6.36. The molecule has 2 aliphatic rings. The fourth-order valence-corrected chi connectivity index (χ4v) is 6.59. The minimum absolute atomic E-state index is 0.117. The number of hydrogen-bond donors (Lipinski definition) is 2. The van der Waals surface area contributed by atoms with E-state index in [9.17, 15) is 4.39 Å². The summed E-state index contributed by atoms with van der Waals surface area (Å²) in [4.78, 5) is 21.1. The first-order chi connectivity index (χ1) is 23.2. The number of likely N-dealkylation sites (tertiary alicyclic amines) is 1. The molecule has 0 spiro atoms. The van der Waals surface area contributed by atoms with Gasteiger partial charge in [0.05, 0.1) is 49.1 Å². The Bertz CT molecular complexity index is 1780. The number of allylic oxidation sites excluding steroid dienone is 1. The molecule has 2 aromatic heterocycles. The van der Waals surface area contributed by atoms with E-state index in [4.69, 9.17) is 40.8 Å². The van der Waals surface area contributed by atoms with Gasteiger partial charge in [0.2, 0.25) is 11.8 Å². The Kier molecular flexibility index (Phi) is 10.5. The summed E-state index contributed by atoms with van der Waals surface area (Å²) < 4.78 is 29.6. The summed E-state index contributed by atoms with van der Waals surface area (Å²) in [6, 6.07) is 12.3. The van der Waals surface area contributed by atoms with Gasteiger partial charge in [0.1, 0.15) is 11.4 Å². The van der Waals surface area contributed by atoms with Crippen LogP contribution in [0.2, 0.25) is 5.02 Å². The molecule has 0 amide bonds. The molecule has 10 nitrogen and oxygen atoms in total. The fourth-order valence-electron chi connectivity index (χ4n) is 6.27. The number of alkyl halides is 1. The molecule has 0 bridgehead atoms. The van der Waals surface area contributed by atoms with Gasteiger partial charge in [-0.05, 0) is 37.8 Å². The fraction of sp³-hybridized carbons (Fsp3) is 0.389. The van der Waals surface area contributed by atoms with E-state index in [-0.39, 0.29) is 6.10 Å². The van der Waals surface area contributed by atoms with E-state index in [1.807, 2.05) is 36.4 Å². The minimum Gasteiger partial charge on any atom is -0.480 e. The molecule has 2 saturated heterocycles. The number of methoxy groups -OCH3 is 2. The van der Waals surface area contributed by atoms with Crippen molar-refractivity contribution in [3.8, 4) is 45.4 Å². The standard InChI is InChI=1S/C36H41ClFN7O3/c1-21-12-13-24(42-21)14-39-15-32-35(46-4)43-30(16-40-32)27-9-6-8-26(22(27)2)28-10-7-11-29(34(28)37)31-17-41-33(36(44-31)47-5)20-45-18-25(19-45)48-23(3)38/h6-11,16-17,23-25,39,42H,1,12-15,18-20H2,2-5H3/t23?,24-/m0/s1. The second-order valence-electron chi connectivity index (χ2n) is 12.2. The quantitative estimate of drug-likeness (QED) is 0.172. The Balaban J connectivity index is 1.21. The second-order valence-corrected chi connectivity index (χ2v) is 12.6. The third-order valence-electron chi connectivity index (χ3n) is 8.75. The van der Waals surface area contributed by atoms with Crippen molar-refractivity contribution in [1.29, 1.82) is 0 Å². The molecule has 48 heavy (non-hydrogen) atoms. The molecule has 0 saturated carbocycles. The van der Waals surface area contributed by atoms with Crippen LogP contribution in [0.3, 0.4) is 0 Å². The molecule has 12 heteroatoms. The van der Waals surface area contributed by atoms with Crippen LogP contribution >= 0.6 is 11.6 Å². The first-order valence-corrected chi connectivity index (χ1v) is 16.5. The average molecular weight is 674 g/mol. The minimum atomic E-state index is -1.28. The maximum Gasteiger partial charge on any atom is 0.237 e. The summed E-state index contributed by atoms with van der Waals surface area (Å²) in [6.07, 6.45) is 4.19. The van der Waals surface area contributed by atoms with Gasteiger partial charge >= 0.3 is 0 Å². The second kappa shape index (κ2) is 14.9. The first-order valence-electron chi connectivity index (χ1n) is 16.1. The molecule has 0 radical (unpaired) electrons. The lowest BCUT2D eigenvalue weighted by Gasteiger charge is -2.38. The van der Waals surface area contributed by atoms with Crippen LogP contribution in [0.4, 0.5) is 4.39 Å². The molecule has 2 fully saturated rings. The van der Waals surface area contributed by atoms with E-state index in [1.165, 1.54) is 6.92 Å². The Morgan fingerprint density at radius 2 is 1.60 bits per heavy atom. The SMILES string of the molecule is C=C1CC[C@@H](CNCc2ncc(-c3cccc(-c4cccc(-c5cnc(CN6CC(OC(C)F)C6)c(OC)n5)c4Cl)c3C)nc2OC)N1. The van der Waals surface area contributed by atoms with E-state index in [1.54, 1.807) is 26.6 Å². The van der Waals surface area contributed by atoms with E-state index in [0.717, 1.165) is 58.6 Å². The Morgan fingerprint density at radius 3 is 2.27 bits per heavy atom. The molecule has 4 aromatic rings. The largest absolute Gasteiger partial charge is 0.480 e. The molecule has 2 aromatic carbocycles. The van der Waals surface area contributed by atoms with Crippen LogP contribution in [0.25, 0.3) is 33.6 Å². The summed E-state index contributed by atoms with van der Waals surface area (Å²) in [5, 5.41) is 7.41. The summed E-state index contributed by atoms with van der Waals surface area (Å²) in [5.74, 6) is 0.906. The van der Waals surface area contributed by atoms with E-state index in [2.05, 4.69) is 34.0 Å². The topological polar surface area (TPSA) is 107 Å². The van der Waals surface area contributed by atoms with E-state index in [0.29, 0.717) is 66.1 Å². The van der Waals surface area contributed by atoms with Gasteiger partial charge in [-0.2, -0.15) is 0 Å². The van der Waals surface area contributed by atoms with Crippen LogP contribution in [-0.2, 0) is 17.8 Å². The van der Waals surface area contributed by atoms with Crippen molar-refractivity contribution in [2.45, 2.75) is 58.3 Å². The van der Waals surface area contributed by atoms with Crippen LogP contribution in [0, 0.1) is 6.92 Å². The van der Waals surface area contributed by atoms with Gasteiger partial charge in [0.25, 0.3) is 0 Å². The molecule has 6 rings (SSSR count). The van der Waals surface area contributed by atoms with Crippen molar-refractivity contribution in [3.63, 3.8) is 0 Å². The van der Waals surface area contributed by atoms with Crippen molar-refractivity contribution < 1.29 is 18.6 Å². The van der Waals surface area contributed by atoms with Crippen LogP contribution < -0.4 is 20.1 Å². The number of rotatable bonds is 13. The average Bonchev–Trinajstić information content (AvgIpc) is 3.48. The zero-order valence-corrected chi connectivity index (χ0v) is 28.5. The van der Waals surface area contributed by atoms with E-state index < -0.39 is 6.36 Å². The van der Waals surface area contributed by atoms with Crippen molar-refractivity contribution in [3.05, 3.63) is 83.0 Å². The molecule has 1 unspecified atom stereocenters. The summed E-state index contributed by atoms with van der Waals surface area (Å²) >= 11 is 7.10. The predicted molar refractivity (Wildman–Crippen MR) is 185 cm³/mol. The molecule has 4 heterocycles. The third kappa shape index (κ3) is 7.44. The van der Waals surface area contributed by atoms with Crippen molar-refractivity contribution in [2.75, 3.05) is 33.9 Å². The lowest BCUT2D eigenvalue weighted by molar-refractivity contribution is -0.132. The van der Waals surface area contributed by atoms with Crippen LogP contribution in [0.1, 0.15) is 36.7 Å². The van der Waals surface area contributed by atoms with Crippen LogP contribution in [0.15, 0.2) is 61.1 Å². The van der Waals surface area contributed by atoms with Gasteiger partial charge in [0.15, 0.2) is 6.36 Å². The first kappa shape index (κ1) is 33.7. The number of benzene rings is 2. The van der Waals surface area contributed by atoms with Gasteiger partial charge in [0, 0.05) is 61.2 Å². The zero-order valence-electron chi connectivity index (χ0n) is 27.7. The monoisotopic (exact) mass is 673 g/mol.